The minimum absolute atomic E-state index is 0.0120. The van der Waals surface area contributed by atoms with E-state index in [4.69, 9.17) is 4.74 Å². The Kier molecular flexibility index (Phi) is 5.13. The van der Waals surface area contributed by atoms with Gasteiger partial charge in [0.2, 0.25) is 5.91 Å². The van der Waals surface area contributed by atoms with Gasteiger partial charge in [0.05, 0.1) is 5.41 Å². The minimum atomic E-state index is -4.39. The van der Waals surface area contributed by atoms with Gasteiger partial charge in [-0.05, 0) is 63.3 Å². The first kappa shape index (κ1) is 19.6. The number of ether oxygens (including phenoxy) is 1. The Morgan fingerprint density at radius 3 is 2.33 bits per heavy atom. The van der Waals surface area contributed by atoms with Crippen LogP contribution in [-0.4, -0.2) is 35.9 Å². The lowest BCUT2D eigenvalue weighted by atomic mass is 9.68. The van der Waals surface area contributed by atoms with Gasteiger partial charge in [0, 0.05) is 12.2 Å². The Morgan fingerprint density at radius 1 is 1.15 bits per heavy atom. The van der Waals surface area contributed by atoms with Gasteiger partial charge in [0.25, 0.3) is 0 Å². The van der Waals surface area contributed by atoms with Crippen molar-refractivity contribution in [2.45, 2.75) is 50.8 Å². The van der Waals surface area contributed by atoms with E-state index in [1.807, 2.05) is 0 Å². The van der Waals surface area contributed by atoms with Crippen molar-refractivity contribution in [1.29, 1.82) is 0 Å². The average Bonchev–Trinajstić information content (AvgIpc) is 2.93. The van der Waals surface area contributed by atoms with E-state index in [2.05, 4.69) is 11.8 Å². The van der Waals surface area contributed by atoms with Crippen molar-refractivity contribution in [2.24, 2.45) is 5.41 Å². The zero-order valence-corrected chi connectivity index (χ0v) is 15.1. The van der Waals surface area contributed by atoms with Gasteiger partial charge in [-0.2, -0.15) is 13.2 Å². The van der Waals surface area contributed by atoms with Gasteiger partial charge in [-0.1, -0.05) is 5.92 Å². The molecule has 1 spiro atoms. The predicted octanol–water partition coefficient (Wildman–Crippen LogP) is 3.68. The molecule has 2 aliphatic rings. The van der Waals surface area contributed by atoms with E-state index >= 15 is 0 Å². The number of benzene rings is 1. The maximum Gasteiger partial charge on any atom is 0.422 e. The number of carbonyl (C=O) groups is 1. The van der Waals surface area contributed by atoms with Crippen molar-refractivity contribution in [3.05, 3.63) is 24.3 Å². The summed E-state index contributed by atoms with van der Waals surface area (Å²) in [6.07, 6.45) is -1.58. The molecule has 1 aromatic rings. The highest BCUT2D eigenvalue weighted by molar-refractivity contribution is 6.00. The SMILES string of the molecule is CC#CC1(O)CCC2(CCN(c3ccc(OCC(F)(F)F)cc3)C2=O)CC1. The minimum Gasteiger partial charge on any atom is -0.484 e. The van der Waals surface area contributed by atoms with Gasteiger partial charge in [-0.15, -0.1) is 5.92 Å². The molecule has 1 amide bonds. The summed E-state index contributed by atoms with van der Waals surface area (Å²) < 4.78 is 41.4. The molecule has 0 unspecified atom stereocenters. The summed E-state index contributed by atoms with van der Waals surface area (Å²) in [4.78, 5) is 14.7. The van der Waals surface area contributed by atoms with Gasteiger partial charge >= 0.3 is 6.18 Å². The maximum absolute atomic E-state index is 13.0. The summed E-state index contributed by atoms with van der Waals surface area (Å²) in [5, 5.41) is 10.4. The third-order valence-corrected chi connectivity index (χ3v) is 5.46. The van der Waals surface area contributed by atoms with Crippen molar-refractivity contribution in [1.82, 2.24) is 0 Å². The molecule has 0 atom stereocenters. The molecule has 1 aliphatic heterocycles. The normalized spacial score (nSPS) is 28.2. The summed E-state index contributed by atoms with van der Waals surface area (Å²) in [5.41, 5.74) is -0.844. The van der Waals surface area contributed by atoms with Gasteiger partial charge in [0.15, 0.2) is 6.61 Å². The van der Waals surface area contributed by atoms with Crippen LogP contribution in [0.5, 0.6) is 5.75 Å². The third kappa shape index (κ3) is 4.22. The quantitative estimate of drug-likeness (QED) is 0.813. The van der Waals surface area contributed by atoms with Gasteiger partial charge in [-0.3, -0.25) is 4.79 Å². The van der Waals surface area contributed by atoms with Gasteiger partial charge in [-0.25, -0.2) is 0 Å². The first-order valence-corrected chi connectivity index (χ1v) is 8.94. The molecule has 2 fully saturated rings. The Bertz CT molecular complexity index is 753. The Hall–Kier alpha value is -2.20. The van der Waals surface area contributed by atoms with Crippen LogP contribution in [0.1, 0.15) is 39.0 Å². The molecule has 1 heterocycles. The molecule has 146 valence electrons. The lowest BCUT2D eigenvalue weighted by Crippen LogP contribution is -2.42. The Labute approximate surface area is 156 Å². The number of hydrogen-bond donors (Lipinski definition) is 1. The van der Waals surface area contributed by atoms with Crippen molar-refractivity contribution < 1.29 is 27.8 Å². The molecule has 0 aromatic heterocycles. The second-order valence-corrected chi connectivity index (χ2v) is 7.29. The first-order valence-electron chi connectivity index (χ1n) is 8.94. The van der Waals surface area contributed by atoms with Crippen molar-refractivity contribution in [3.8, 4) is 17.6 Å². The van der Waals surface area contributed by atoms with Gasteiger partial charge < -0.3 is 14.7 Å². The van der Waals surface area contributed by atoms with Crippen LogP contribution in [0.2, 0.25) is 0 Å². The number of rotatable bonds is 3. The number of anilines is 1. The lowest BCUT2D eigenvalue weighted by molar-refractivity contribution is -0.153. The molecular weight excluding hydrogens is 359 g/mol. The monoisotopic (exact) mass is 381 g/mol. The number of aliphatic hydroxyl groups is 1. The topological polar surface area (TPSA) is 49.8 Å². The molecule has 1 saturated heterocycles. The summed E-state index contributed by atoms with van der Waals surface area (Å²) in [6.45, 7) is 0.897. The number of carbonyl (C=O) groups excluding carboxylic acids is 1. The molecule has 4 nitrogen and oxygen atoms in total. The largest absolute Gasteiger partial charge is 0.484 e. The first-order chi connectivity index (χ1) is 12.7. The Balaban J connectivity index is 1.66. The van der Waals surface area contributed by atoms with Crippen LogP contribution in [-0.2, 0) is 4.79 Å². The molecule has 3 rings (SSSR count). The molecule has 1 aromatic carbocycles. The second-order valence-electron chi connectivity index (χ2n) is 7.29. The highest BCUT2D eigenvalue weighted by Crippen LogP contribution is 2.48. The summed E-state index contributed by atoms with van der Waals surface area (Å²) in [5.74, 6) is 5.71. The van der Waals surface area contributed by atoms with Crippen LogP contribution in [0.15, 0.2) is 24.3 Å². The van der Waals surface area contributed by atoms with E-state index < -0.39 is 23.8 Å². The van der Waals surface area contributed by atoms with Crippen LogP contribution in [0.3, 0.4) is 0 Å². The number of amides is 1. The molecule has 0 bridgehead atoms. The zero-order valence-electron chi connectivity index (χ0n) is 15.1. The van der Waals surface area contributed by atoms with E-state index in [0.717, 1.165) is 0 Å². The zero-order chi connectivity index (χ0) is 19.7. The summed E-state index contributed by atoms with van der Waals surface area (Å²) in [6, 6.07) is 6.08. The summed E-state index contributed by atoms with van der Waals surface area (Å²) >= 11 is 0. The number of halogens is 3. The third-order valence-electron chi connectivity index (χ3n) is 5.46. The van der Waals surface area contributed by atoms with Crippen molar-refractivity contribution in [2.75, 3.05) is 18.1 Å². The van der Waals surface area contributed by atoms with E-state index in [1.54, 1.807) is 24.0 Å². The van der Waals surface area contributed by atoms with E-state index in [0.29, 0.717) is 44.3 Å². The fourth-order valence-electron chi connectivity index (χ4n) is 3.92. The van der Waals surface area contributed by atoms with Crippen molar-refractivity contribution in [3.63, 3.8) is 0 Å². The predicted molar refractivity (Wildman–Crippen MR) is 94.3 cm³/mol. The fraction of sp³-hybridized carbons (Fsp3) is 0.550. The van der Waals surface area contributed by atoms with Crippen LogP contribution < -0.4 is 9.64 Å². The second kappa shape index (κ2) is 7.08. The van der Waals surface area contributed by atoms with E-state index in [9.17, 15) is 23.1 Å². The van der Waals surface area contributed by atoms with E-state index in [1.165, 1.54) is 12.1 Å². The maximum atomic E-state index is 13.0. The van der Waals surface area contributed by atoms with Crippen molar-refractivity contribution >= 4 is 11.6 Å². The summed E-state index contributed by atoms with van der Waals surface area (Å²) in [7, 11) is 0. The molecule has 1 saturated carbocycles. The molecule has 7 heteroatoms. The average molecular weight is 381 g/mol. The number of alkyl halides is 3. The fourth-order valence-corrected chi connectivity index (χ4v) is 3.92. The molecule has 1 N–H and O–H groups in total. The van der Waals surface area contributed by atoms with Crippen LogP contribution >= 0.6 is 0 Å². The number of hydrogen-bond acceptors (Lipinski definition) is 3. The van der Waals surface area contributed by atoms with Crippen LogP contribution in [0, 0.1) is 17.3 Å². The highest BCUT2D eigenvalue weighted by Gasteiger charge is 2.51. The smallest absolute Gasteiger partial charge is 0.422 e. The highest BCUT2D eigenvalue weighted by atomic mass is 19.4. The lowest BCUT2D eigenvalue weighted by Gasteiger charge is -2.38. The van der Waals surface area contributed by atoms with Crippen LogP contribution in [0.4, 0.5) is 18.9 Å². The van der Waals surface area contributed by atoms with E-state index in [-0.39, 0.29) is 11.7 Å². The van der Waals surface area contributed by atoms with Gasteiger partial charge in [0.1, 0.15) is 11.4 Å². The molecule has 0 radical (unpaired) electrons. The molecular formula is C20H22F3NO3. The standard InChI is InChI=1S/C20H22F3NO3/c1-2-7-19(26)10-8-18(9-11-19)12-13-24(17(18)25)15-3-5-16(6-4-15)27-14-20(21,22)23/h3-6,26H,8-14H2,1H3. The number of nitrogens with zero attached hydrogens (tertiary/aromatic N) is 1. The van der Waals surface area contributed by atoms with Crippen LogP contribution in [0.25, 0.3) is 0 Å². The Morgan fingerprint density at radius 2 is 1.78 bits per heavy atom. The molecule has 1 aliphatic carbocycles. The molecule has 27 heavy (non-hydrogen) atoms.